The minimum Gasteiger partial charge on any atom is -0.497 e. The van der Waals surface area contributed by atoms with E-state index >= 15 is 0 Å². The van der Waals surface area contributed by atoms with Gasteiger partial charge in [0.05, 0.1) is 75.5 Å². The molecular formula is C72H60Cl7FN6O15S. The molecule has 1 fully saturated rings. The molecule has 4 atom stereocenters. The van der Waals surface area contributed by atoms with Crippen LogP contribution in [0.5, 0.6) is 5.75 Å². The van der Waals surface area contributed by atoms with Crippen molar-refractivity contribution in [2.45, 2.75) is 65.8 Å². The number of nitrogens with zero attached hydrogens (tertiary/aromatic N) is 2. The van der Waals surface area contributed by atoms with Crippen molar-refractivity contribution in [3.8, 4) is 5.75 Å². The second-order valence-electron chi connectivity index (χ2n) is 24.5. The van der Waals surface area contributed by atoms with Crippen molar-refractivity contribution in [1.82, 2.24) is 0 Å². The number of Topliss-reactive ketones (excluding diaryl/α,β-unsaturated/α-hetero) is 4. The molecule has 8 aromatic carbocycles. The first-order valence-electron chi connectivity index (χ1n) is 30.8. The van der Waals surface area contributed by atoms with E-state index in [1.54, 1.807) is 48.5 Å². The van der Waals surface area contributed by atoms with Crippen LogP contribution in [0.3, 0.4) is 0 Å². The van der Waals surface area contributed by atoms with Gasteiger partial charge in [0.1, 0.15) is 11.6 Å². The van der Waals surface area contributed by atoms with Gasteiger partial charge in [-0.1, -0.05) is 93.3 Å². The lowest BCUT2D eigenvalue weighted by atomic mass is 9.88. The van der Waals surface area contributed by atoms with Gasteiger partial charge < -0.3 is 56.2 Å². The normalized spacial score (nSPS) is 19.5. The molecule has 8 N–H and O–H groups in total. The number of methoxy groups -OCH3 is 1. The van der Waals surface area contributed by atoms with Gasteiger partial charge >= 0.3 is 0 Å². The van der Waals surface area contributed by atoms with E-state index in [2.05, 4.69) is 26.2 Å². The molecule has 0 unspecified atom stereocenters. The molecule has 530 valence electrons. The maximum atomic E-state index is 13.8. The molecule has 1 saturated heterocycles. The number of ether oxygens (including phenoxy) is 1. The SMILES string of the molecule is CN(C)c1ccc(C(=O)C[C@]2(O)C(=O)Nc3c(Cl)ccc(Cl)c32)cc1.COc1ccc(C(=O)C[C@]2(O)C(=O)Nc3c(F)ccc(Cl)c32)cc1.CS(=O)(=O)c1ccc(C(=O)C[C@]2(O)C(=O)Nc3c(Cl)ccc(Cl)c32)cc1.O=C(C[C@]1(O)C(=O)Nc2c(Cl)ccc(Cl)c21)c1ccc(N2CCCC2)cc1. The van der Waals surface area contributed by atoms with Crippen molar-refractivity contribution in [3.05, 3.63) is 231 Å². The van der Waals surface area contributed by atoms with Crippen molar-refractivity contribution in [2.75, 3.05) is 71.6 Å². The van der Waals surface area contributed by atoms with Gasteiger partial charge in [-0.05, 0) is 146 Å². The van der Waals surface area contributed by atoms with Gasteiger partial charge in [-0.2, -0.15) is 0 Å². The Morgan fingerprint density at radius 1 is 0.451 bits per heavy atom. The zero-order chi connectivity index (χ0) is 74.3. The number of sulfone groups is 1. The summed E-state index contributed by atoms with van der Waals surface area (Å²) in [6, 6.07) is 36.9. The molecule has 30 heteroatoms. The van der Waals surface area contributed by atoms with Crippen molar-refractivity contribution in [2.24, 2.45) is 0 Å². The van der Waals surface area contributed by atoms with Gasteiger partial charge in [0, 0.05) is 109 Å². The van der Waals surface area contributed by atoms with Crippen LogP contribution in [0.15, 0.2) is 150 Å². The number of hydrogen-bond acceptors (Lipinski definition) is 17. The van der Waals surface area contributed by atoms with Gasteiger partial charge in [0.25, 0.3) is 23.6 Å². The minimum absolute atomic E-state index is 0.00906. The van der Waals surface area contributed by atoms with Crippen molar-refractivity contribution in [1.29, 1.82) is 0 Å². The van der Waals surface area contributed by atoms with E-state index in [1.165, 1.54) is 98.8 Å². The quantitative estimate of drug-likeness (QED) is 0.0417. The zero-order valence-corrected chi connectivity index (χ0v) is 60.2. The fraction of sp³-hybridized carbons (Fsp3) is 0.222. The topological polar surface area (TPSA) is 315 Å². The fourth-order valence-corrected chi connectivity index (χ4v) is 14.6. The molecule has 0 aromatic heterocycles. The summed E-state index contributed by atoms with van der Waals surface area (Å²) in [6.07, 6.45) is 1.45. The Hall–Kier alpha value is -8.53. The van der Waals surface area contributed by atoms with Crippen LogP contribution in [0.4, 0.5) is 38.5 Å². The third-order valence-corrected chi connectivity index (χ3v) is 20.9. The Labute approximate surface area is 618 Å². The predicted octanol–water partition coefficient (Wildman–Crippen LogP) is 13.2. The molecule has 0 aliphatic carbocycles. The first kappa shape index (κ1) is 76.1. The van der Waals surface area contributed by atoms with Crippen LogP contribution in [0.2, 0.25) is 35.2 Å². The molecule has 102 heavy (non-hydrogen) atoms. The smallest absolute Gasteiger partial charge is 0.261 e. The molecule has 13 rings (SSSR count). The molecular weight excluding hydrogens is 1490 g/mol. The van der Waals surface area contributed by atoms with Crippen LogP contribution in [0, 0.1) is 5.82 Å². The Kier molecular flexibility index (Phi) is 22.4. The molecule has 5 aliphatic rings. The number of hydrogen-bond donors (Lipinski definition) is 8. The highest BCUT2D eigenvalue weighted by molar-refractivity contribution is 7.90. The van der Waals surface area contributed by atoms with Gasteiger partial charge in [0.2, 0.25) is 0 Å². The number of rotatable bonds is 16. The zero-order valence-electron chi connectivity index (χ0n) is 54.1. The van der Waals surface area contributed by atoms with Crippen molar-refractivity contribution in [3.63, 3.8) is 0 Å². The average Bonchev–Trinajstić information content (AvgIpc) is 1.61. The molecule has 0 spiro atoms. The van der Waals surface area contributed by atoms with Gasteiger partial charge in [0.15, 0.2) is 55.4 Å². The van der Waals surface area contributed by atoms with E-state index in [4.69, 9.17) is 85.9 Å². The monoisotopic (exact) mass is 1540 g/mol. The standard InChI is InChI=1S/C20H18Cl2N2O3.C18H16Cl2N2O3.C17H13Cl2NO5S.C17H13ClFNO4/c21-14-7-8-15(22)18-17(14)20(27,19(26)23-18)11-16(25)12-3-5-13(6-4-12)24-9-1-2-10-24;1-22(2)11-5-3-10(4-6-11)14(23)9-18(25)15-12(19)7-8-13(20)16(15)21-17(18)24;1-26(24,25)10-4-2-9(3-5-10)13(21)8-17(23)14-11(18)6-7-12(19)15(14)20-16(17)22;1-24-10-4-2-9(3-5-10)13(21)8-17(23)14-11(18)6-7-12(19)15(14)20-16(17)22/h3-8,27H,1-2,9-11H2,(H,23,26);3-8,25H,9H2,1-2H3,(H,21,24);2-7,23H,8H2,1H3,(H,20,22);2-7,23H,8H2,1H3,(H,20,22)/t20-;18-;2*17-/m1111/s1. The number of fused-ring (bicyclic) bond motifs is 4. The van der Waals surface area contributed by atoms with Crippen LogP contribution in [0.25, 0.3) is 0 Å². The highest BCUT2D eigenvalue weighted by Gasteiger charge is 2.53. The number of carbonyl (C=O) groups excluding carboxylic acids is 8. The number of ketones is 4. The van der Waals surface area contributed by atoms with Gasteiger partial charge in [-0.3, -0.25) is 38.4 Å². The van der Waals surface area contributed by atoms with Gasteiger partial charge in [-0.25, -0.2) is 12.8 Å². The third kappa shape index (κ3) is 15.1. The fourth-order valence-electron chi connectivity index (χ4n) is 12.1. The Balaban J connectivity index is 0.000000147. The highest BCUT2D eigenvalue weighted by Crippen LogP contribution is 2.50. The maximum absolute atomic E-state index is 13.8. The molecule has 4 amide bonds. The van der Waals surface area contributed by atoms with E-state index in [-0.39, 0.29) is 108 Å². The van der Waals surface area contributed by atoms with Gasteiger partial charge in [-0.15, -0.1) is 0 Å². The van der Waals surface area contributed by atoms with Crippen LogP contribution < -0.4 is 35.8 Å². The number of carbonyl (C=O) groups is 8. The summed E-state index contributed by atoms with van der Waals surface area (Å²) in [7, 11) is 1.89. The summed E-state index contributed by atoms with van der Waals surface area (Å²) in [5.74, 6) is -5.00. The largest absolute Gasteiger partial charge is 0.497 e. The highest BCUT2D eigenvalue weighted by atomic mass is 35.5. The van der Waals surface area contributed by atoms with E-state index < -0.39 is 98.9 Å². The van der Waals surface area contributed by atoms with Crippen LogP contribution in [-0.4, -0.2) is 116 Å². The summed E-state index contributed by atoms with van der Waals surface area (Å²) >= 11 is 42.6. The summed E-state index contributed by atoms with van der Waals surface area (Å²) in [5, 5.41) is 54.4. The Morgan fingerprint density at radius 2 is 0.735 bits per heavy atom. The number of anilines is 6. The number of nitrogens with one attached hydrogen (secondary N) is 4. The second-order valence-corrected chi connectivity index (χ2v) is 29.3. The molecule has 0 bridgehead atoms. The Morgan fingerprint density at radius 3 is 1.06 bits per heavy atom. The number of amides is 4. The maximum Gasteiger partial charge on any atom is 0.261 e. The van der Waals surface area contributed by atoms with E-state index in [1.807, 2.05) is 31.1 Å². The summed E-state index contributed by atoms with van der Waals surface area (Å²) in [5.41, 5.74) is -4.45. The third-order valence-electron chi connectivity index (χ3n) is 17.6. The van der Waals surface area contributed by atoms with Crippen LogP contribution in [0.1, 0.15) is 102 Å². The van der Waals surface area contributed by atoms with Crippen LogP contribution in [-0.2, 0) is 51.4 Å². The number of benzene rings is 8. The molecule has 0 radical (unpaired) electrons. The predicted molar refractivity (Wildman–Crippen MR) is 388 cm³/mol. The van der Waals surface area contributed by atoms with E-state index in [9.17, 15) is 71.6 Å². The van der Waals surface area contributed by atoms with Crippen LogP contribution >= 0.6 is 81.2 Å². The number of halogens is 8. The average molecular weight is 1550 g/mol. The number of aliphatic hydroxyl groups is 4. The molecule has 0 saturated carbocycles. The van der Waals surface area contributed by atoms with Crippen molar-refractivity contribution < 1.29 is 76.3 Å². The first-order chi connectivity index (χ1) is 48.0. The lowest BCUT2D eigenvalue weighted by Crippen LogP contribution is -2.36. The minimum atomic E-state index is -3.40. The lowest BCUT2D eigenvalue weighted by molar-refractivity contribution is -0.133. The summed E-state index contributed by atoms with van der Waals surface area (Å²) < 4.78 is 41.8. The summed E-state index contributed by atoms with van der Waals surface area (Å²) in [4.78, 5) is 104. The molecule has 5 heterocycles. The van der Waals surface area contributed by atoms with E-state index in [0.717, 1.165) is 36.8 Å². The Bertz CT molecular complexity index is 4880. The van der Waals surface area contributed by atoms with Crippen molar-refractivity contribution >= 4 is 172 Å². The van der Waals surface area contributed by atoms with E-state index in [0.29, 0.717) is 16.9 Å². The molecule has 21 nitrogen and oxygen atoms in total. The molecule has 8 aromatic rings. The molecule has 5 aliphatic heterocycles. The first-order valence-corrected chi connectivity index (χ1v) is 35.4. The lowest BCUT2D eigenvalue weighted by Gasteiger charge is -2.21. The second kappa shape index (κ2) is 30.0. The summed E-state index contributed by atoms with van der Waals surface area (Å²) in [6.45, 7) is 2.03.